The van der Waals surface area contributed by atoms with Crippen molar-refractivity contribution in [2.45, 2.75) is 57.0 Å². The molecule has 0 radical (unpaired) electrons. The molecule has 0 spiro atoms. The second kappa shape index (κ2) is 4.92. The Bertz CT molecular complexity index is 227. The molecule has 5 N–H and O–H groups in total. The minimum atomic E-state index is -0.410. The minimum Gasteiger partial charge on any atom is -0.328 e. The Morgan fingerprint density at radius 2 is 2.00 bits per heavy atom. The molecule has 1 amide bonds. The molecule has 86 valence electrons. The van der Waals surface area contributed by atoms with Crippen LogP contribution in [0.1, 0.15) is 38.5 Å². The van der Waals surface area contributed by atoms with Gasteiger partial charge in [0.05, 0.1) is 12.6 Å². The summed E-state index contributed by atoms with van der Waals surface area (Å²) in [6.07, 6.45) is 6.47. The molecule has 2 unspecified atom stereocenters. The molecule has 0 aromatic heterocycles. The third-order valence-electron chi connectivity index (χ3n) is 3.13. The van der Waals surface area contributed by atoms with Crippen LogP contribution in [0.2, 0.25) is 0 Å². The SMILES string of the molecule is NC1NC(=O)CC(NC2CCCCC2)N1. The molecule has 1 saturated carbocycles. The van der Waals surface area contributed by atoms with Crippen LogP contribution in [0.15, 0.2) is 0 Å². The maximum atomic E-state index is 11.3. The van der Waals surface area contributed by atoms with Crippen molar-refractivity contribution in [1.29, 1.82) is 0 Å². The Hall–Kier alpha value is -0.650. The lowest BCUT2D eigenvalue weighted by molar-refractivity contribution is -0.124. The highest BCUT2D eigenvalue weighted by Crippen LogP contribution is 2.18. The highest BCUT2D eigenvalue weighted by atomic mass is 16.2. The zero-order valence-corrected chi connectivity index (χ0v) is 8.96. The summed E-state index contributed by atoms with van der Waals surface area (Å²) in [5.74, 6) is 0.0227. The van der Waals surface area contributed by atoms with Crippen molar-refractivity contribution in [2.24, 2.45) is 5.73 Å². The van der Waals surface area contributed by atoms with Gasteiger partial charge in [0.1, 0.15) is 6.29 Å². The first-order valence-corrected chi connectivity index (χ1v) is 5.81. The fraction of sp³-hybridized carbons (Fsp3) is 0.900. The fourth-order valence-corrected chi connectivity index (χ4v) is 2.40. The zero-order chi connectivity index (χ0) is 10.7. The van der Waals surface area contributed by atoms with E-state index in [1.807, 2.05) is 0 Å². The Balaban J connectivity index is 1.79. The number of carbonyl (C=O) groups is 1. The maximum Gasteiger partial charge on any atom is 0.225 e. The van der Waals surface area contributed by atoms with Crippen LogP contribution in [0.3, 0.4) is 0 Å². The summed E-state index contributed by atoms with van der Waals surface area (Å²) < 4.78 is 0. The van der Waals surface area contributed by atoms with Crippen LogP contribution in [0.4, 0.5) is 0 Å². The summed E-state index contributed by atoms with van der Waals surface area (Å²) in [6, 6.07) is 0.550. The molecular weight excluding hydrogens is 192 g/mol. The van der Waals surface area contributed by atoms with E-state index in [1.165, 1.54) is 32.1 Å². The minimum absolute atomic E-state index is 0.0227. The van der Waals surface area contributed by atoms with E-state index >= 15 is 0 Å². The Kier molecular flexibility index (Phi) is 3.56. The fourth-order valence-electron chi connectivity index (χ4n) is 2.40. The number of rotatable bonds is 2. The van der Waals surface area contributed by atoms with E-state index in [-0.39, 0.29) is 12.1 Å². The van der Waals surface area contributed by atoms with Gasteiger partial charge in [0.25, 0.3) is 0 Å². The van der Waals surface area contributed by atoms with E-state index in [9.17, 15) is 4.79 Å². The van der Waals surface area contributed by atoms with E-state index in [0.29, 0.717) is 12.5 Å². The molecule has 15 heavy (non-hydrogen) atoms. The number of carbonyl (C=O) groups excluding carboxylic acids is 1. The summed E-state index contributed by atoms with van der Waals surface area (Å²) in [7, 11) is 0. The highest BCUT2D eigenvalue weighted by molar-refractivity contribution is 5.77. The maximum absolute atomic E-state index is 11.3. The van der Waals surface area contributed by atoms with Crippen LogP contribution >= 0.6 is 0 Å². The molecule has 5 nitrogen and oxygen atoms in total. The van der Waals surface area contributed by atoms with Crippen LogP contribution in [-0.2, 0) is 4.79 Å². The molecule has 0 bridgehead atoms. The van der Waals surface area contributed by atoms with Crippen LogP contribution in [0.25, 0.3) is 0 Å². The number of hydrogen-bond acceptors (Lipinski definition) is 4. The average molecular weight is 212 g/mol. The molecule has 2 atom stereocenters. The van der Waals surface area contributed by atoms with Crippen molar-refractivity contribution >= 4 is 5.91 Å². The molecule has 1 saturated heterocycles. The lowest BCUT2D eigenvalue weighted by Gasteiger charge is -2.34. The van der Waals surface area contributed by atoms with Gasteiger partial charge in [-0.25, -0.2) is 0 Å². The third kappa shape index (κ3) is 3.15. The monoisotopic (exact) mass is 212 g/mol. The van der Waals surface area contributed by atoms with Gasteiger partial charge in [-0.05, 0) is 12.8 Å². The number of amides is 1. The van der Waals surface area contributed by atoms with E-state index in [4.69, 9.17) is 5.73 Å². The van der Waals surface area contributed by atoms with Crippen LogP contribution in [0.5, 0.6) is 0 Å². The summed E-state index contributed by atoms with van der Waals surface area (Å²) in [5, 5.41) is 9.23. The van der Waals surface area contributed by atoms with E-state index in [0.717, 1.165) is 0 Å². The Morgan fingerprint density at radius 3 is 2.67 bits per heavy atom. The first-order valence-electron chi connectivity index (χ1n) is 5.81. The Morgan fingerprint density at radius 1 is 1.27 bits per heavy atom. The lowest BCUT2D eigenvalue weighted by Crippen LogP contribution is -2.65. The molecular formula is C10H20N4O. The van der Waals surface area contributed by atoms with Crippen molar-refractivity contribution < 1.29 is 4.79 Å². The number of hydrogen-bond donors (Lipinski definition) is 4. The largest absolute Gasteiger partial charge is 0.328 e. The summed E-state index contributed by atoms with van der Waals surface area (Å²) >= 11 is 0. The molecule has 0 aromatic rings. The number of nitrogens with one attached hydrogen (secondary N) is 3. The quantitative estimate of drug-likeness (QED) is 0.501. The van der Waals surface area contributed by atoms with Gasteiger partial charge in [0.2, 0.25) is 5.91 Å². The summed E-state index contributed by atoms with van der Waals surface area (Å²) in [6.45, 7) is 0. The molecule has 0 aromatic carbocycles. The van der Waals surface area contributed by atoms with Gasteiger partial charge in [-0.15, -0.1) is 0 Å². The number of nitrogens with two attached hydrogens (primary N) is 1. The first-order chi connectivity index (χ1) is 7.24. The van der Waals surface area contributed by atoms with Crippen molar-refractivity contribution in [3.63, 3.8) is 0 Å². The van der Waals surface area contributed by atoms with Crippen molar-refractivity contribution in [3.05, 3.63) is 0 Å². The topological polar surface area (TPSA) is 79.2 Å². The van der Waals surface area contributed by atoms with Gasteiger partial charge in [0.15, 0.2) is 0 Å². The lowest BCUT2D eigenvalue weighted by atomic mass is 9.95. The van der Waals surface area contributed by atoms with E-state index in [2.05, 4.69) is 16.0 Å². The van der Waals surface area contributed by atoms with Gasteiger partial charge in [-0.3, -0.25) is 21.2 Å². The van der Waals surface area contributed by atoms with Crippen molar-refractivity contribution in [2.75, 3.05) is 0 Å². The molecule has 1 aliphatic carbocycles. The molecule has 2 fully saturated rings. The standard InChI is InChI=1S/C10H20N4O/c11-10-13-8(6-9(15)14-10)12-7-4-2-1-3-5-7/h7-8,10,12-13H,1-6,11H2,(H,14,15). The van der Waals surface area contributed by atoms with Gasteiger partial charge in [0, 0.05) is 6.04 Å². The summed E-state index contributed by atoms with van der Waals surface area (Å²) in [5.41, 5.74) is 5.64. The van der Waals surface area contributed by atoms with Crippen molar-refractivity contribution in [1.82, 2.24) is 16.0 Å². The van der Waals surface area contributed by atoms with Gasteiger partial charge in [-0.2, -0.15) is 0 Å². The second-order valence-electron chi connectivity index (χ2n) is 4.47. The molecule has 2 aliphatic rings. The molecule has 1 aliphatic heterocycles. The molecule has 1 heterocycles. The first kappa shape index (κ1) is 10.9. The van der Waals surface area contributed by atoms with Gasteiger partial charge >= 0.3 is 0 Å². The van der Waals surface area contributed by atoms with Crippen molar-refractivity contribution in [3.8, 4) is 0 Å². The smallest absolute Gasteiger partial charge is 0.225 e. The average Bonchev–Trinajstić information content (AvgIpc) is 2.17. The molecule has 2 rings (SSSR count). The normalized spacial score (nSPS) is 33.8. The van der Waals surface area contributed by atoms with Gasteiger partial charge in [-0.1, -0.05) is 19.3 Å². The van der Waals surface area contributed by atoms with Crippen LogP contribution < -0.4 is 21.7 Å². The predicted octanol–water partition coefficient (Wildman–Crippen LogP) is -0.413. The van der Waals surface area contributed by atoms with E-state index in [1.54, 1.807) is 0 Å². The molecule has 5 heteroatoms. The van der Waals surface area contributed by atoms with E-state index < -0.39 is 6.29 Å². The highest BCUT2D eigenvalue weighted by Gasteiger charge is 2.25. The Labute approximate surface area is 90.2 Å². The predicted molar refractivity (Wildman–Crippen MR) is 57.7 cm³/mol. The third-order valence-corrected chi connectivity index (χ3v) is 3.13. The zero-order valence-electron chi connectivity index (χ0n) is 8.96. The van der Waals surface area contributed by atoms with Crippen LogP contribution in [0, 0.1) is 0 Å². The van der Waals surface area contributed by atoms with Crippen LogP contribution in [-0.4, -0.2) is 24.4 Å². The second-order valence-corrected chi connectivity index (χ2v) is 4.47. The van der Waals surface area contributed by atoms with Gasteiger partial charge < -0.3 is 5.32 Å². The summed E-state index contributed by atoms with van der Waals surface area (Å²) in [4.78, 5) is 11.3.